The number of benzene rings is 1. The molecule has 1 aliphatic heterocycles. The Morgan fingerprint density at radius 2 is 2.09 bits per heavy atom. The largest absolute Gasteiger partial charge is 0.334 e. The Bertz CT molecular complexity index is 1420. The van der Waals surface area contributed by atoms with Crippen LogP contribution in [0.4, 0.5) is 0 Å². The molecule has 0 saturated heterocycles. The van der Waals surface area contributed by atoms with Gasteiger partial charge in [0.25, 0.3) is 0 Å². The van der Waals surface area contributed by atoms with Gasteiger partial charge in [-0.2, -0.15) is 5.21 Å². The van der Waals surface area contributed by atoms with E-state index in [-0.39, 0.29) is 11.7 Å². The zero-order valence-electron chi connectivity index (χ0n) is 20.3. The van der Waals surface area contributed by atoms with Crippen molar-refractivity contribution in [2.45, 2.75) is 58.0 Å². The van der Waals surface area contributed by atoms with E-state index < -0.39 is 5.41 Å². The molecule has 0 aliphatic carbocycles. The molecule has 9 nitrogen and oxygen atoms in total. The summed E-state index contributed by atoms with van der Waals surface area (Å²) in [5.41, 5.74) is 2.52. The number of H-pyrrole nitrogens is 1. The third kappa shape index (κ3) is 4.18. The molecule has 4 aromatic rings. The first-order valence-electron chi connectivity index (χ1n) is 12.0. The van der Waals surface area contributed by atoms with Gasteiger partial charge in [0.1, 0.15) is 5.82 Å². The number of nitrogens with zero attached hydrogens (tertiary/aromatic N) is 7. The first-order valence-corrected chi connectivity index (χ1v) is 12.0. The van der Waals surface area contributed by atoms with Crippen LogP contribution in [0.15, 0.2) is 70.9 Å². The minimum absolute atomic E-state index is 0.0290. The lowest BCUT2D eigenvalue weighted by Crippen LogP contribution is -2.37. The van der Waals surface area contributed by atoms with Crippen molar-refractivity contribution < 1.29 is 0 Å². The maximum atomic E-state index is 13.9. The zero-order chi connectivity index (χ0) is 24.4. The van der Waals surface area contributed by atoms with Crippen LogP contribution >= 0.6 is 0 Å². The van der Waals surface area contributed by atoms with Crippen LogP contribution in [-0.2, 0) is 18.4 Å². The van der Waals surface area contributed by atoms with E-state index in [1.807, 2.05) is 53.6 Å². The van der Waals surface area contributed by atoms with Gasteiger partial charge in [-0.25, -0.2) is 4.79 Å². The summed E-state index contributed by atoms with van der Waals surface area (Å²) in [6, 6.07) is 12.4. The van der Waals surface area contributed by atoms with Gasteiger partial charge < -0.3 is 4.57 Å². The van der Waals surface area contributed by atoms with Gasteiger partial charge in [0.05, 0.1) is 0 Å². The van der Waals surface area contributed by atoms with Crippen molar-refractivity contribution in [1.29, 1.82) is 0 Å². The van der Waals surface area contributed by atoms with Crippen molar-refractivity contribution in [2.75, 3.05) is 0 Å². The molecular formula is C26H30N8O. The lowest BCUT2D eigenvalue weighted by Gasteiger charge is -2.32. The minimum Gasteiger partial charge on any atom is -0.332 e. The van der Waals surface area contributed by atoms with E-state index in [9.17, 15) is 4.79 Å². The molecule has 0 bridgehead atoms. The standard InChI is InChI=1S/C26H30N8O/c1-4-7-22-17-33(23-10-6-15-32(23)19(2)3)25(35)34(22)18-26(11-13-27-14-12-26)21-9-5-8-20(16-21)24-28-30-31-29-24/h5-6,8-11,13-17,19H,4,7,12,18H2,1-3H3,(H,28,29,30,31). The highest BCUT2D eigenvalue weighted by Crippen LogP contribution is 2.35. The average molecular weight is 471 g/mol. The quantitative estimate of drug-likeness (QED) is 0.419. The Labute approximate surface area is 203 Å². The molecule has 1 aliphatic rings. The van der Waals surface area contributed by atoms with Crippen molar-refractivity contribution >= 4 is 6.21 Å². The van der Waals surface area contributed by atoms with Gasteiger partial charge >= 0.3 is 5.69 Å². The molecule has 0 fully saturated rings. The molecule has 0 saturated carbocycles. The fourth-order valence-electron chi connectivity index (χ4n) is 4.83. The molecule has 1 atom stereocenters. The van der Waals surface area contributed by atoms with Gasteiger partial charge in [-0.1, -0.05) is 37.6 Å². The van der Waals surface area contributed by atoms with Crippen molar-refractivity contribution in [1.82, 2.24) is 34.3 Å². The second-order valence-corrected chi connectivity index (χ2v) is 9.30. The number of imidazole rings is 1. The van der Waals surface area contributed by atoms with Crippen LogP contribution in [0.2, 0.25) is 0 Å². The minimum atomic E-state index is -0.431. The van der Waals surface area contributed by atoms with Crippen molar-refractivity contribution in [3.8, 4) is 17.2 Å². The van der Waals surface area contributed by atoms with Crippen LogP contribution in [-0.4, -0.2) is 40.5 Å². The van der Waals surface area contributed by atoms with E-state index in [0.29, 0.717) is 18.8 Å². The maximum Gasteiger partial charge on any atom is 0.334 e. The molecule has 1 unspecified atom stereocenters. The molecule has 0 spiro atoms. The second-order valence-electron chi connectivity index (χ2n) is 9.30. The number of nitrogens with one attached hydrogen (secondary N) is 1. The van der Waals surface area contributed by atoms with E-state index in [1.54, 1.807) is 4.57 Å². The fourth-order valence-corrected chi connectivity index (χ4v) is 4.83. The zero-order valence-corrected chi connectivity index (χ0v) is 20.3. The highest BCUT2D eigenvalue weighted by atomic mass is 16.1. The molecule has 180 valence electrons. The van der Waals surface area contributed by atoms with Crippen LogP contribution in [0.3, 0.4) is 0 Å². The van der Waals surface area contributed by atoms with Gasteiger partial charge in [0, 0.05) is 54.1 Å². The highest BCUT2D eigenvalue weighted by Gasteiger charge is 2.33. The second kappa shape index (κ2) is 9.32. The Morgan fingerprint density at radius 3 is 2.80 bits per heavy atom. The number of aromatic amines is 1. The summed E-state index contributed by atoms with van der Waals surface area (Å²) < 4.78 is 5.85. The summed E-state index contributed by atoms with van der Waals surface area (Å²) in [7, 11) is 0. The van der Waals surface area contributed by atoms with Crippen LogP contribution in [0.5, 0.6) is 0 Å². The molecule has 1 aromatic carbocycles. The number of aromatic nitrogens is 7. The van der Waals surface area contributed by atoms with Crippen LogP contribution in [0.25, 0.3) is 17.2 Å². The van der Waals surface area contributed by atoms with Gasteiger partial charge in [-0.3, -0.25) is 14.1 Å². The van der Waals surface area contributed by atoms with E-state index in [4.69, 9.17) is 0 Å². The smallest absolute Gasteiger partial charge is 0.332 e. The Kier molecular flexibility index (Phi) is 6.07. The Morgan fingerprint density at radius 1 is 1.20 bits per heavy atom. The molecular weight excluding hydrogens is 440 g/mol. The molecule has 1 N–H and O–H groups in total. The summed E-state index contributed by atoms with van der Waals surface area (Å²) in [5.74, 6) is 1.43. The maximum absolute atomic E-state index is 13.9. The predicted molar refractivity (Wildman–Crippen MR) is 136 cm³/mol. The molecule has 9 heteroatoms. The molecule has 5 rings (SSSR count). The van der Waals surface area contributed by atoms with E-state index in [1.165, 1.54) is 0 Å². The van der Waals surface area contributed by atoms with Crippen molar-refractivity contribution in [3.05, 3.63) is 82.8 Å². The predicted octanol–water partition coefficient (Wildman–Crippen LogP) is 4.08. The summed E-state index contributed by atoms with van der Waals surface area (Å²) in [6.45, 7) is 6.89. The van der Waals surface area contributed by atoms with Gasteiger partial charge in [-0.15, -0.1) is 10.2 Å². The van der Waals surface area contributed by atoms with Gasteiger partial charge in [-0.05, 0) is 55.7 Å². The number of tetrazole rings is 1. The lowest BCUT2D eigenvalue weighted by molar-refractivity contribution is 0.438. The summed E-state index contributed by atoms with van der Waals surface area (Å²) >= 11 is 0. The summed E-state index contributed by atoms with van der Waals surface area (Å²) in [4.78, 5) is 18.2. The number of aryl methyl sites for hydroxylation is 1. The first-order chi connectivity index (χ1) is 17.0. The molecule has 35 heavy (non-hydrogen) atoms. The fraction of sp³-hybridized carbons (Fsp3) is 0.346. The Balaban J connectivity index is 1.61. The molecule has 4 heterocycles. The lowest BCUT2D eigenvalue weighted by atomic mass is 9.76. The third-order valence-electron chi connectivity index (χ3n) is 6.65. The SMILES string of the molecule is CCCc1cn(-c2cccn2C(C)C)c(=O)n1CC1(c2cccc(-c3nn[nH]n3)c2)C=CN=CC1. The number of allylic oxidation sites excluding steroid dienone is 1. The molecule has 0 radical (unpaired) electrons. The number of rotatable bonds is 8. The monoisotopic (exact) mass is 470 g/mol. The number of hydrogen-bond donors (Lipinski definition) is 1. The summed E-state index contributed by atoms with van der Waals surface area (Å²) in [5, 5.41) is 14.5. The van der Waals surface area contributed by atoms with Crippen LogP contribution in [0, 0.1) is 0 Å². The number of hydrogen-bond acceptors (Lipinski definition) is 5. The van der Waals surface area contributed by atoms with Crippen molar-refractivity contribution in [3.63, 3.8) is 0 Å². The topological polar surface area (TPSA) is 98.7 Å². The van der Waals surface area contributed by atoms with E-state index in [0.717, 1.165) is 35.5 Å². The third-order valence-corrected chi connectivity index (χ3v) is 6.65. The van der Waals surface area contributed by atoms with Crippen molar-refractivity contribution in [2.24, 2.45) is 4.99 Å². The first kappa shape index (κ1) is 22.8. The molecule has 3 aromatic heterocycles. The average Bonchev–Trinajstić information content (AvgIpc) is 3.63. The normalized spacial score (nSPS) is 17.5. The van der Waals surface area contributed by atoms with E-state index >= 15 is 0 Å². The van der Waals surface area contributed by atoms with Gasteiger partial charge in [0.15, 0.2) is 0 Å². The van der Waals surface area contributed by atoms with Crippen LogP contribution in [0.1, 0.15) is 50.9 Å². The summed E-state index contributed by atoms with van der Waals surface area (Å²) in [6.07, 6.45) is 12.3. The molecule has 0 amide bonds. The van der Waals surface area contributed by atoms with Crippen LogP contribution < -0.4 is 5.69 Å². The van der Waals surface area contributed by atoms with E-state index in [2.05, 4.69) is 69.2 Å². The highest BCUT2D eigenvalue weighted by molar-refractivity contribution is 5.65. The van der Waals surface area contributed by atoms with Gasteiger partial charge in [0.2, 0.25) is 5.82 Å². The number of aliphatic imine (C=N–C) groups is 1. The Hall–Kier alpha value is -4.01.